The third kappa shape index (κ3) is 2.80. The Balaban J connectivity index is 3.75. The molecule has 0 rings (SSSR count). The topological polar surface area (TPSA) is 66.8 Å². The van der Waals surface area contributed by atoms with Crippen LogP contribution in [0, 0.1) is 0 Å². The zero-order valence-corrected chi connectivity index (χ0v) is 6.13. The van der Waals surface area contributed by atoms with Crippen molar-refractivity contribution in [1.82, 2.24) is 0 Å². The van der Waals surface area contributed by atoms with E-state index in [-0.39, 0.29) is 13.0 Å². The number of hydrogen-bond acceptors (Lipinski definition) is 3. The van der Waals surface area contributed by atoms with Crippen molar-refractivity contribution < 1.29 is 19.7 Å². The van der Waals surface area contributed by atoms with Crippen molar-refractivity contribution in [3.8, 4) is 0 Å². The van der Waals surface area contributed by atoms with Gasteiger partial charge in [0.15, 0.2) is 5.60 Å². The van der Waals surface area contributed by atoms with Crippen LogP contribution in [0.2, 0.25) is 0 Å². The lowest BCUT2D eigenvalue weighted by molar-refractivity contribution is -0.158. The van der Waals surface area contributed by atoms with Crippen molar-refractivity contribution in [2.24, 2.45) is 0 Å². The van der Waals surface area contributed by atoms with Gasteiger partial charge in [-0.3, -0.25) is 0 Å². The lowest BCUT2D eigenvalue weighted by atomic mass is 10.0. The smallest absolute Gasteiger partial charge is 0.335 e. The Morgan fingerprint density at radius 3 is 2.50 bits per heavy atom. The number of aliphatic carboxylic acids is 1. The summed E-state index contributed by atoms with van der Waals surface area (Å²) in [5.74, 6) is -1.22. The number of carboxylic acids is 1. The maximum Gasteiger partial charge on any atom is 0.335 e. The molecular formula is C6H12O4. The number of ether oxygens (including phenoxy) is 1. The van der Waals surface area contributed by atoms with Crippen LogP contribution in [-0.4, -0.2) is 35.5 Å². The minimum absolute atomic E-state index is 0.110. The molecule has 4 heteroatoms. The van der Waals surface area contributed by atoms with Crippen molar-refractivity contribution in [1.29, 1.82) is 0 Å². The van der Waals surface area contributed by atoms with E-state index in [9.17, 15) is 4.79 Å². The Kier molecular flexibility index (Phi) is 3.32. The molecule has 0 saturated heterocycles. The van der Waals surface area contributed by atoms with Gasteiger partial charge in [0.1, 0.15) is 0 Å². The summed E-state index contributed by atoms with van der Waals surface area (Å²) < 4.78 is 4.60. The molecular weight excluding hydrogens is 136 g/mol. The molecule has 0 spiro atoms. The summed E-state index contributed by atoms with van der Waals surface area (Å²) in [6, 6.07) is 0. The quantitative estimate of drug-likeness (QED) is 0.582. The maximum atomic E-state index is 10.2. The summed E-state index contributed by atoms with van der Waals surface area (Å²) in [6.07, 6.45) is 0.110. The van der Waals surface area contributed by atoms with Gasteiger partial charge in [0.2, 0.25) is 0 Å². The highest BCUT2D eigenvalue weighted by Gasteiger charge is 2.28. The first-order chi connectivity index (χ1) is 4.50. The van der Waals surface area contributed by atoms with Crippen molar-refractivity contribution >= 4 is 5.97 Å². The van der Waals surface area contributed by atoms with E-state index >= 15 is 0 Å². The van der Waals surface area contributed by atoms with Crippen LogP contribution in [0.25, 0.3) is 0 Å². The molecule has 60 valence electrons. The highest BCUT2D eigenvalue weighted by atomic mass is 16.5. The number of carbonyl (C=O) groups is 1. The molecule has 0 unspecified atom stereocenters. The van der Waals surface area contributed by atoms with Crippen LogP contribution in [0.15, 0.2) is 0 Å². The fraction of sp³-hybridized carbons (Fsp3) is 0.833. The third-order valence-electron chi connectivity index (χ3n) is 1.25. The summed E-state index contributed by atoms with van der Waals surface area (Å²) in [4.78, 5) is 10.2. The predicted molar refractivity (Wildman–Crippen MR) is 34.8 cm³/mol. The van der Waals surface area contributed by atoms with Gasteiger partial charge in [-0.05, 0) is 6.92 Å². The molecule has 0 amide bonds. The number of rotatable bonds is 4. The second kappa shape index (κ2) is 3.53. The minimum Gasteiger partial charge on any atom is -0.479 e. The first-order valence-corrected chi connectivity index (χ1v) is 2.95. The normalized spacial score (nSPS) is 16.3. The van der Waals surface area contributed by atoms with Gasteiger partial charge in [0, 0.05) is 20.1 Å². The molecule has 4 nitrogen and oxygen atoms in total. The van der Waals surface area contributed by atoms with Crippen LogP contribution in [0.5, 0.6) is 0 Å². The fourth-order valence-electron chi connectivity index (χ4n) is 0.408. The Labute approximate surface area is 59.4 Å². The summed E-state index contributed by atoms with van der Waals surface area (Å²) >= 11 is 0. The summed E-state index contributed by atoms with van der Waals surface area (Å²) in [5, 5.41) is 17.4. The van der Waals surface area contributed by atoms with Crippen LogP contribution in [0.4, 0.5) is 0 Å². The highest BCUT2D eigenvalue weighted by Crippen LogP contribution is 2.08. The monoisotopic (exact) mass is 148 g/mol. The van der Waals surface area contributed by atoms with Crippen molar-refractivity contribution in [2.75, 3.05) is 13.7 Å². The summed E-state index contributed by atoms with van der Waals surface area (Å²) in [7, 11) is 1.46. The Bertz CT molecular complexity index is 119. The first kappa shape index (κ1) is 9.39. The number of carboxylic acid groups (broad SMARTS) is 1. The van der Waals surface area contributed by atoms with Gasteiger partial charge < -0.3 is 14.9 Å². The van der Waals surface area contributed by atoms with Crippen molar-refractivity contribution in [3.63, 3.8) is 0 Å². The van der Waals surface area contributed by atoms with Crippen molar-refractivity contribution in [3.05, 3.63) is 0 Å². The van der Waals surface area contributed by atoms with E-state index in [2.05, 4.69) is 4.74 Å². The molecule has 0 aliphatic carbocycles. The van der Waals surface area contributed by atoms with Crippen LogP contribution in [-0.2, 0) is 9.53 Å². The van der Waals surface area contributed by atoms with Gasteiger partial charge in [-0.25, -0.2) is 4.79 Å². The fourth-order valence-corrected chi connectivity index (χ4v) is 0.408. The minimum atomic E-state index is -1.66. The van der Waals surface area contributed by atoms with Crippen molar-refractivity contribution in [2.45, 2.75) is 18.9 Å². The standard InChI is InChI=1S/C6H12O4/c1-6(9,5(7)8)3-4-10-2/h9H,3-4H2,1-2H3,(H,7,8)/t6-/m1/s1. The van der Waals surface area contributed by atoms with E-state index in [1.54, 1.807) is 0 Å². The van der Waals surface area contributed by atoms with Gasteiger partial charge in [-0.1, -0.05) is 0 Å². The zero-order chi connectivity index (χ0) is 8.20. The largest absolute Gasteiger partial charge is 0.479 e. The Hall–Kier alpha value is -0.610. The molecule has 0 aliphatic rings. The average molecular weight is 148 g/mol. The Morgan fingerprint density at radius 1 is 1.70 bits per heavy atom. The molecule has 0 aliphatic heterocycles. The highest BCUT2D eigenvalue weighted by molar-refractivity contribution is 5.76. The molecule has 0 fully saturated rings. The maximum absolute atomic E-state index is 10.2. The second-order valence-electron chi connectivity index (χ2n) is 2.32. The third-order valence-corrected chi connectivity index (χ3v) is 1.25. The molecule has 0 aromatic carbocycles. The van der Waals surface area contributed by atoms with Crippen LogP contribution >= 0.6 is 0 Å². The predicted octanol–water partition coefficient (Wildman–Crippen LogP) is -0.142. The summed E-state index contributed by atoms with van der Waals surface area (Å²) in [6.45, 7) is 1.49. The first-order valence-electron chi connectivity index (χ1n) is 2.95. The van der Waals surface area contributed by atoms with E-state index in [0.29, 0.717) is 0 Å². The summed E-state index contributed by atoms with van der Waals surface area (Å²) in [5.41, 5.74) is -1.66. The van der Waals surface area contributed by atoms with E-state index in [0.717, 1.165) is 0 Å². The van der Waals surface area contributed by atoms with Gasteiger partial charge in [-0.2, -0.15) is 0 Å². The number of hydrogen-bond donors (Lipinski definition) is 2. The molecule has 0 radical (unpaired) electrons. The molecule has 2 N–H and O–H groups in total. The lowest BCUT2D eigenvalue weighted by Gasteiger charge is -2.16. The zero-order valence-electron chi connectivity index (χ0n) is 6.13. The average Bonchev–Trinajstić information content (AvgIpc) is 1.84. The lowest BCUT2D eigenvalue weighted by Crippen LogP contribution is -2.35. The van der Waals surface area contributed by atoms with E-state index in [1.165, 1.54) is 14.0 Å². The van der Waals surface area contributed by atoms with Crippen LogP contribution in [0.3, 0.4) is 0 Å². The molecule has 0 bridgehead atoms. The van der Waals surface area contributed by atoms with E-state index < -0.39 is 11.6 Å². The molecule has 0 aromatic heterocycles. The molecule has 1 atom stereocenters. The SMILES string of the molecule is COCC[C@@](C)(O)C(=O)O. The van der Waals surface area contributed by atoms with Gasteiger partial charge in [0.25, 0.3) is 0 Å². The van der Waals surface area contributed by atoms with E-state index in [4.69, 9.17) is 10.2 Å². The molecule has 0 heterocycles. The molecule has 0 aromatic rings. The van der Waals surface area contributed by atoms with Crippen LogP contribution in [0.1, 0.15) is 13.3 Å². The van der Waals surface area contributed by atoms with Gasteiger partial charge in [-0.15, -0.1) is 0 Å². The number of methoxy groups -OCH3 is 1. The second-order valence-corrected chi connectivity index (χ2v) is 2.32. The van der Waals surface area contributed by atoms with E-state index in [1.807, 2.05) is 0 Å². The van der Waals surface area contributed by atoms with Crippen LogP contribution < -0.4 is 0 Å². The van der Waals surface area contributed by atoms with Gasteiger partial charge >= 0.3 is 5.97 Å². The van der Waals surface area contributed by atoms with Gasteiger partial charge in [0.05, 0.1) is 0 Å². The molecule has 0 saturated carbocycles. The number of aliphatic hydroxyl groups is 1. The Morgan fingerprint density at radius 2 is 2.20 bits per heavy atom. The molecule has 10 heavy (non-hydrogen) atoms.